The first-order chi connectivity index (χ1) is 7.50. The van der Waals surface area contributed by atoms with E-state index in [9.17, 15) is 4.79 Å². The van der Waals surface area contributed by atoms with E-state index < -0.39 is 0 Å². The Balaban J connectivity index is 2.55. The Bertz CT molecular complexity index is 382. The summed E-state index contributed by atoms with van der Waals surface area (Å²) in [7, 11) is 0. The van der Waals surface area contributed by atoms with Gasteiger partial charge in [-0.3, -0.25) is 4.79 Å². The van der Waals surface area contributed by atoms with Gasteiger partial charge in [0, 0.05) is 12.5 Å². The summed E-state index contributed by atoms with van der Waals surface area (Å²) in [6, 6.07) is 5.16. The lowest BCUT2D eigenvalue weighted by Gasteiger charge is -2.12. The molecule has 0 fully saturated rings. The zero-order valence-corrected chi connectivity index (χ0v) is 10.3. The highest BCUT2D eigenvalue weighted by atomic mass is 35.5. The van der Waals surface area contributed by atoms with Gasteiger partial charge in [-0.05, 0) is 30.5 Å². The van der Waals surface area contributed by atoms with Crippen LogP contribution in [0.5, 0.6) is 0 Å². The molecule has 1 unspecified atom stereocenters. The largest absolute Gasteiger partial charge is 0.370 e. The second-order valence-electron chi connectivity index (χ2n) is 3.64. The van der Waals surface area contributed by atoms with Crippen LogP contribution in [-0.4, -0.2) is 5.91 Å². The molecule has 0 aliphatic heterocycles. The molecular formula is C11H14Cl2N2O. The fourth-order valence-corrected chi connectivity index (χ4v) is 1.71. The summed E-state index contributed by atoms with van der Waals surface area (Å²) in [5, 5.41) is 0.999. The highest BCUT2D eigenvalue weighted by molar-refractivity contribution is 6.42. The number of amides is 1. The topological polar surface area (TPSA) is 69.1 Å². The predicted octanol–water partition coefficient (Wildman–Crippen LogP) is 2.65. The average molecular weight is 261 g/mol. The minimum Gasteiger partial charge on any atom is -0.370 e. The Labute approximate surface area is 105 Å². The van der Waals surface area contributed by atoms with Crippen LogP contribution in [0.4, 0.5) is 0 Å². The van der Waals surface area contributed by atoms with Crippen molar-refractivity contribution >= 4 is 29.1 Å². The van der Waals surface area contributed by atoms with Crippen LogP contribution in [-0.2, 0) is 4.79 Å². The number of primary amides is 1. The van der Waals surface area contributed by atoms with Crippen molar-refractivity contribution in [1.29, 1.82) is 0 Å². The van der Waals surface area contributed by atoms with Crippen LogP contribution in [0.15, 0.2) is 18.2 Å². The van der Waals surface area contributed by atoms with Gasteiger partial charge in [0.05, 0.1) is 10.0 Å². The quantitative estimate of drug-likeness (QED) is 0.855. The fourth-order valence-electron chi connectivity index (χ4n) is 1.41. The Kier molecular flexibility index (Phi) is 5.06. The van der Waals surface area contributed by atoms with Crippen LogP contribution in [0.2, 0.25) is 10.0 Å². The first-order valence-corrected chi connectivity index (χ1v) is 5.75. The number of rotatable bonds is 5. The van der Waals surface area contributed by atoms with Crippen LogP contribution >= 0.6 is 23.2 Å². The standard InChI is InChI=1S/C11H14Cl2N2O/c12-8-5-4-7(6-9(8)13)10(14)2-1-3-11(15)16/h4-6,10H,1-3,14H2,(H2,15,16). The second kappa shape index (κ2) is 6.09. The number of carbonyl (C=O) groups is 1. The fraction of sp³-hybridized carbons (Fsp3) is 0.364. The molecule has 0 saturated carbocycles. The molecule has 5 heteroatoms. The summed E-state index contributed by atoms with van der Waals surface area (Å²) in [4.78, 5) is 10.6. The summed E-state index contributed by atoms with van der Waals surface area (Å²) in [5.74, 6) is -0.304. The maximum atomic E-state index is 10.6. The van der Waals surface area contributed by atoms with Gasteiger partial charge >= 0.3 is 0 Å². The molecule has 0 aromatic heterocycles. The molecule has 0 spiro atoms. The lowest BCUT2D eigenvalue weighted by Crippen LogP contribution is -2.13. The molecular weight excluding hydrogens is 247 g/mol. The zero-order valence-electron chi connectivity index (χ0n) is 8.75. The molecule has 1 aromatic rings. The summed E-state index contributed by atoms with van der Waals surface area (Å²) in [6.07, 6.45) is 1.73. The Morgan fingerprint density at radius 1 is 1.31 bits per heavy atom. The van der Waals surface area contributed by atoms with E-state index in [2.05, 4.69) is 0 Å². The summed E-state index contributed by atoms with van der Waals surface area (Å²) in [5.41, 5.74) is 11.9. The molecule has 1 rings (SSSR count). The molecule has 1 aromatic carbocycles. The van der Waals surface area contributed by atoms with Crippen LogP contribution in [0.1, 0.15) is 30.9 Å². The number of hydrogen-bond acceptors (Lipinski definition) is 2. The number of carbonyl (C=O) groups excluding carboxylic acids is 1. The average Bonchev–Trinajstić information content (AvgIpc) is 2.21. The van der Waals surface area contributed by atoms with Crippen LogP contribution in [0.3, 0.4) is 0 Å². The minimum atomic E-state index is -0.304. The SMILES string of the molecule is NC(=O)CCCC(N)c1ccc(Cl)c(Cl)c1. The second-order valence-corrected chi connectivity index (χ2v) is 4.45. The van der Waals surface area contributed by atoms with E-state index in [1.54, 1.807) is 12.1 Å². The molecule has 0 aliphatic rings. The monoisotopic (exact) mass is 260 g/mol. The van der Waals surface area contributed by atoms with Gasteiger partial charge in [0.15, 0.2) is 0 Å². The molecule has 4 N–H and O–H groups in total. The number of nitrogens with two attached hydrogens (primary N) is 2. The van der Waals surface area contributed by atoms with Gasteiger partial charge in [0.1, 0.15) is 0 Å². The van der Waals surface area contributed by atoms with Crippen molar-refractivity contribution < 1.29 is 4.79 Å². The van der Waals surface area contributed by atoms with Crippen molar-refractivity contribution in [3.63, 3.8) is 0 Å². The van der Waals surface area contributed by atoms with Gasteiger partial charge in [-0.25, -0.2) is 0 Å². The maximum absolute atomic E-state index is 10.6. The van der Waals surface area contributed by atoms with Gasteiger partial charge in [-0.15, -0.1) is 0 Å². The van der Waals surface area contributed by atoms with Gasteiger partial charge < -0.3 is 11.5 Å². The van der Waals surface area contributed by atoms with Gasteiger partial charge in [-0.1, -0.05) is 29.3 Å². The Morgan fingerprint density at radius 2 is 2.00 bits per heavy atom. The Hall–Kier alpha value is -0.770. The molecule has 0 aliphatic carbocycles. The number of benzene rings is 1. The highest BCUT2D eigenvalue weighted by Crippen LogP contribution is 2.26. The first-order valence-electron chi connectivity index (χ1n) is 4.99. The van der Waals surface area contributed by atoms with Crippen molar-refractivity contribution in [2.75, 3.05) is 0 Å². The maximum Gasteiger partial charge on any atom is 0.217 e. The van der Waals surface area contributed by atoms with Crippen molar-refractivity contribution in [3.05, 3.63) is 33.8 Å². The Morgan fingerprint density at radius 3 is 2.56 bits per heavy atom. The molecule has 0 heterocycles. The van der Waals surface area contributed by atoms with E-state index >= 15 is 0 Å². The first kappa shape index (κ1) is 13.3. The van der Waals surface area contributed by atoms with Crippen molar-refractivity contribution in [3.8, 4) is 0 Å². The van der Waals surface area contributed by atoms with E-state index in [0.717, 1.165) is 5.56 Å². The number of hydrogen-bond donors (Lipinski definition) is 2. The van der Waals surface area contributed by atoms with E-state index in [-0.39, 0.29) is 11.9 Å². The molecule has 1 amide bonds. The predicted molar refractivity (Wildman–Crippen MR) is 66.4 cm³/mol. The van der Waals surface area contributed by atoms with Crippen molar-refractivity contribution in [1.82, 2.24) is 0 Å². The minimum absolute atomic E-state index is 0.144. The highest BCUT2D eigenvalue weighted by Gasteiger charge is 2.08. The normalized spacial score (nSPS) is 12.4. The third-order valence-corrected chi connectivity index (χ3v) is 3.05. The van der Waals surface area contributed by atoms with E-state index in [4.69, 9.17) is 34.7 Å². The molecule has 0 bridgehead atoms. The van der Waals surface area contributed by atoms with Gasteiger partial charge in [0.25, 0.3) is 0 Å². The summed E-state index contributed by atoms with van der Waals surface area (Å²) in [6.45, 7) is 0. The molecule has 0 saturated heterocycles. The van der Waals surface area contributed by atoms with Crippen LogP contribution in [0, 0.1) is 0 Å². The summed E-state index contributed by atoms with van der Waals surface area (Å²) < 4.78 is 0. The lowest BCUT2D eigenvalue weighted by molar-refractivity contribution is -0.118. The van der Waals surface area contributed by atoms with Crippen molar-refractivity contribution in [2.45, 2.75) is 25.3 Å². The molecule has 0 radical (unpaired) electrons. The van der Waals surface area contributed by atoms with E-state index in [1.807, 2.05) is 6.07 Å². The zero-order chi connectivity index (χ0) is 12.1. The van der Waals surface area contributed by atoms with Gasteiger partial charge in [-0.2, -0.15) is 0 Å². The third kappa shape index (κ3) is 4.00. The van der Waals surface area contributed by atoms with Crippen molar-refractivity contribution in [2.24, 2.45) is 11.5 Å². The van der Waals surface area contributed by atoms with E-state index in [0.29, 0.717) is 29.3 Å². The van der Waals surface area contributed by atoms with Crippen LogP contribution < -0.4 is 11.5 Å². The molecule has 16 heavy (non-hydrogen) atoms. The lowest BCUT2D eigenvalue weighted by atomic mass is 10.0. The summed E-state index contributed by atoms with van der Waals surface area (Å²) >= 11 is 11.7. The molecule has 3 nitrogen and oxygen atoms in total. The van der Waals surface area contributed by atoms with E-state index in [1.165, 1.54) is 0 Å². The molecule has 1 atom stereocenters. The number of halogens is 2. The van der Waals surface area contributed by atoms with Gasteiger partial charge in [0.2, 0.25) is 5.91 Å². The third-order valence-electron chi connectivity index (χ3n) is 2.31. The smallest absolute Gasteiger partial charge is 0.217 e. The molecule has 88 valence electrons. The van der Waals surface area contributed by atoms with Crippen LogP contribution in [0.25, 0.3) is 0 Å².